The smallest absolute Gasteiger partial charge is 0.270 e. The Hall–Kier alpha value is -3.53. The third-order valence-electron chi connectivity index (χ3n) is 10.2. The van der Waals surface area contributed by atoms with Crippen LogP contribution in [0.5, 0.6) is 5.88 Å². The van der Waals surface area contributed by atoms with Crippen molar-refractivity contribution in [3.63, 3.8) is 0 Å². The van der Waals surface area contributed by atoms with Gasteiger partial charge in [0.2, 0.25) is 17.7 Å². The molecule has 3 fully saturated rings. The monoisotopic (exact) mass is 602 g/mol. The van der Waals surface area contributed by atoms with E-state index in [0.717, 1.165) is 76.9 Å². The maximum absolute atomic E-state index is 13.8. The molecule has 0 unspecified atom stereocenters. The summed E-state index contributed by atoms with van der Waals surface area (Å²) in [4.78, 5) is 55.4. The van der Waals surface area contributed by atoms with E-state index in [0.29, 0.717) is 50.7 Å². The zero-order valence-electron chi connectivity index (χ0n) is 25.7. The minimum Gasteiger partial charge on any atom is -0.478 e. The van der Waals surface area contributed by atoms with Gasteiger partial charge in [-0.3, -0.25) is 24.3 Å². The largest absolute Gasteiger partial charge is 0.478 e. The number of carbonyl (C=O) groups is 3. The molecule has 10 heteroatoms. The molecular formula is C34H46N6O4. The Morgan fingerprint density at radius 2 is 1.80 bits per heavy atom. The standard InChI is InChI=1S/C34H46N6O4/c41-32(39-15-3-4-16-39)20-26-11-18-40-23-28(26)12-19-44-31-8-5-7-30(37-31)34(43)36-14-9-27-22-38(17-10-25(27)21-33(40)42)24-29-6-1-2-13-35-29/h1-2,5-8,13,25-28H,3-4,9-12,14-24H2,(H,36,43)/t25-,26-,27-,28-/m0/s1. The van der Waals surface area contributed by atoms with Gasteiger partial charge in [-0.1, -0.05) is 12.1 Å². The van der Waals surface area contributed by atoms with Crippen LogP contribution in [0.2, 0.25) is 0 Å². The zero-order valence-corrected chi connectivity index (χ0v) is 25.7. The fourth-order valence-corrected chi connectivity index (χ4v) is 7.59. The first kappa shape index (κ1) is 30.5. The normalized spacial score (nSPS) is 27.2. The molecule has 0 aliphatic carbocycles. The number of carbonyl (C=O) groups excluding carboxylic acids is 3. The van der Waals surface area contributed by atoms with E-state index in [9.17, 15) is 14.4 Å². The van der Waals surface area contributed by atoms with Crippen molar-refractivity contribution in [1.82, 2.24) is 30.0 Å². The van der Waals surface area contributed by atoms with Gasteiger partial charge in [0, 0.05) is 70.9 Å². The molecule has 6 rings (SSSR count). The summed E-state index contributed by atoms with van der Waals surface area (Å²) in [7, 11) is 0. The maximum atomic E-state index is 13.8. The van der Waals surface area contributed by atoms with Crippen LogP contribution < -0.4 is 10.1 Å². The van der Waals surface area contributed by atoms with Crippen molar-refractivity contribution in [1.29, 1.82) is 0 Å². The van der Waals surface area contributed by atoms with Crippen LogP contribution >= 0.6 is 0 Å². The number of pyridine rings is 2. The van der Waals surface area contributed by atoms with Crippen LogP contribution in [0.3, 0.4) is 0 Å². The molecular weight excluding hydrogens is 556 g/mol. The second-order valence-corrected chi connectivity index (χ2v) is 13.1. The fourth-order valence-electron chi connectivity index (χ4n) is 7.59. The Labute approximate surface area is 260 Å². The van der Waals surface area contributed by atoms with Crippen LogP contribution in [0, 0.1) is 23.7 Å². The molecule has 3 saturated heterocycles. The molecule has 10 nitrogen and oxygen atoms in total. The highest BCUT2D eigenvalue weighted by Crippen LogP contribution is 2.34. The molecule has 1 N–H and O–H groups in total. The SMILES string of the molecule is O=C1NCC[C@H]2CN(Cc3ccccn3)CC[C@H]2CC(=O)N2CC[C@@H](CC(=O)N3CCCC3)[C@@H](CCOc3cccc1n3)C2. The van der Waals surface area contributed by atoms with Crippen molar-refractivity contribution in [2.24, 2.45) is 23.7 Å². The van der Waals surface area contributed by atoms with Crippen LogP contribution in [-0.4, -0.2) is 94.8 Å². The van der Waals surface area contributed by atoms with Crippen LogP contribution in [0.25, 0.3) is 0 Å². The maximum Gasteiger partial charge on any atom is 0.270 e. The summed E-state index contributed by atoms with van der Waals surface area (Å²) in [6.45, 7) is 6.62. The summed E-state index contributed by atoms with van der Waals surface area (Å²) in [6.07, 6.45) is 8.38. The molecule has 4 aliphatic heterocycles. The predicted molar refractivity (Wildman–Crippen MR) is 166 cm³/mol. The van der Waals surface area contributed by atoms with Crippen LogP contribution in [0.4, 0.5) is 0 Å². The van der Waals surface area contributed by atoms with E-state index in [1.165, 1.54) is 0 Å². The third kappa shape index (κ3) is 7.75. The highest BCUT2D eigenvalue weighted by molar-refractivity contribution is 5.92. The number of aromatic nitrogens is 2. The van der Waals surface area contributed by atoms with Gasteiger partial charge in [-0.15, -0.1) is 0 Å². The Balaban J connectivity index is 1.18. The van der Waals surface area contributed by atoms with E-state index >= 15 is 0 Å². The molecule has 2 aromatic heterocycles. The average molecular weight is 603 g/mol. The molecule has 0 spiro atoms. The van der Waals surface area contributed by atoms with E-state index in [4.69, 9.17) is 4.74 Å². The first-order valence-electron chi connectivity index (χ1n) is 16.6. The lowest BCUT2D eigenvalue weighted by molar-refractivity contribution is -0.137. The summed E-state index contributed by atoms with van der Waals surface area (Å²) in [5.74, 6) is 1.62. The second-order valence-electron chi connectivity index (χ2n) is 13.1. The molecule has 3 amide bonds. The van der Waals surface area contributed by atoms with E-state index in [1.807, 2.05) is 23.2 Å². The molecule has 4 bridgehead atoms. The van der Waals surface area contributed by atoms with Gasteiger partial charge in [0.1, 0.15) is 5.69 Å². The first-order chi connectivity index (χ1) is 21.5. The van der Waals surface area contributed by atoms with Gasteiger partial charge in [0.25, 0.3) is 5.91 Å². The summed E-state index contributed by atoms with van der Waals surface area (Å²) in [5.41, 5.74) is 1.39. The fraction of sp³-hybridized carbons (Fsp3) is 0.618. The Morgan fingerprint density at radius 3 is 2.64 bits per heavy atom. The number of rotatable bonds is 4. The van der Waals surface area contributed by atoms with Crippen LogP contribution in [0.1, 0.15) is 67.5 Å². The summed E-state index contributed by atoms with van der Waals surface area (Å²) >= 11 is 0. The van der Waals surface area contributed by atoms with Gasteiger partial charge in [-0.2, -0.15) is 0 Å². The van der Waals surface area contributed by atoms with Crippen molar-refractivity contribution < 1.29 is 19.1 Å². The molecule has 4 atom stereocenters. The highest BCUT2D eigenvalue weighted by Gasteiger charge is 2.37. The van der Waals surface area contributed by atoms with Gasteiger partial charge >= 0.3 is 0 Å². The molecule has 0 aromatic carbocycles. The minimum atomic E-state index is -0.212. The first-order valence-corrected chi connectivity index (χ1v) is 16.6. The molecule has 0 radical (unpaired) electrons. The summed E-state index contributed by atoms with van der Waals surface area (Å²) in [6, 6.07) is 11.3. The molecule has 4 aliphatic rings. The van der Waals surface area contributed by atoms with Crippen molar-refractivity contribution >= 4 is 17.7 Å². The molecule has 44 heavy (non-hydrogen) atoms. The lowest BCUT2D eigenvalue weighted by Crippen LogP contribution is -2.47. The van der Waals surface area contributed by atoms with Crippen molar-refractivity contribution in [2.75, 3.05) is 52.4 Å². The Bertz CT molecular complexity index is 1290. The molecule has 6 heterocycles. The van der Waals surface area contributed by atoms with E-state index < -0.39 is 0 Å². The van der Waals surface area contributed by atoms with Crippen molar-refractivity contribution in [3.05, 3.63) is 54.0 Å². The van der Waals surface area contributed by atoms with Crippen LogP contribution in [0.15, 0.2) is 42.6 Å². The molecule has 0 saturated carbocycles. The number of ether oxygens (including phenoxy) is 1. The molecule has 236 valence electrons. The van der Waals surface area contributed by atoms with Crippen molar-refractivity contribution in [2.45, 2.75) is 57.9 Å². The average Bonchev–Trinajstić information content (AvgIpc) is 3.59. The van der Waals surface area contributed by atoms with Gasteiger partial charge in [-0.25, -0.2) is 4.98 Å². The van der Waals surface area contributed by atoms with Crippen molar-refractivity contribution in [3.8, 4) is 5.88 Å². The van der Waals surface area contributed by atoms with Gasteiger partial charge in [0.05, 0.1) is 12.3 Å². The minimum absolute atomic E-state index is 0.178. The van der Waals surface area contributed by atoms with E-state index in [2.05, 4.69) is 31.2 Å². The number of nitrogens with one attached hydrogen (secondary N) is 1. The Morgan fingerprint density at radius 1 is 0.909 bits per heavy atom. The van der Waals surface area contributed by atoms with Crippen LogP contribution in [-0.2, 0) is 16.1 Å². The summed E-state index contributed by atoms with van der Waals surface area (Å²) < 4.78 is 6.03. The van der Waals surface area contributed by atoms with Gasteiger partial charge in [-0.05, 0) is 86.9 Å². The number of amides is 3. The lowest BCUT2D eigenvalue weighted by Gasteiger charge is -2.41. The number of likely N-dealkylation sites (tertiary alicyclic amines) is 2. The third-order valence-corrected chi connectivity index (χ3v) is 10.2. The predicted octanol–water partition coefficient (Wildman–Crippen LogP) is 3.38. The summed E-state index contributed by atoms with van der Waals surface area (Å²) in [5, 5.41) is 3.06. The Kier molecular flexibility index (Phi) is 10.0. The zero-order chi connectivity index (χ0) is 30.3. The highest BCUT2D eigenvalue weighted by atomic mass is 16.5. The lowest BCUT2D eigenvalue weighted by atomic mass is 9.79. The number of fused-ring (bicyclic) bond motifs is 5. The van der Waals surface area contributed by atoms with Gasteiger partial charge < -0.3 is 19.9 Å². The number of hydrogen-bond donors (Lipinski definition) is 1. The number of piperidine rings is 2. The number of nitrogens with zero attached hydrogens (tertiary/aromatic N) is 5. The molecule has 2 aromatic rings. The van der Waals surface area contributed by atoms with E-state index in [1.54, 1.807) is 18.2 Å². The quantitative estimate of drug-likeness (QED) is 0.572. The number of hydrogen-bond acceptors (Lipinski definition) is 7. The van der Waals surface area contributed by atoms with Gasteiger partial charge in [0.15, 0.2) is 0 Å². The topological polar surface area (TPSA) is 108 Å². The van der Waals surface area contributed by atoms with E-state index in [-0.39, 0.29) is 41.4 Å². The second kappa shape index (κ2) is 14.5.